The Labute approximate surface area is 91.2 Å². The first-order valence-corrected chi connectivity index (χ1v) is 5.82. The minimum atomic E-state index is -0.345. The molecule has 1 aromatic carbocycles. The summed E-state index contributed by atoms with van der Waals surface area (Å²) in [5, 5.41) is 2.69. The number of carbonyl (C=O) groups excluding carboxylic acids is 1. The fourth-order valence-corrected chi connectivity index (χ4v) is 3.48. The van der Waals surface area contributed by atoms with Crippen LogP contribution in [-0.4, -0.2) is 10.7 Å². The molecule has 2 aliphatic rings. The van der Waals surface area contributed by atoms with Crippen molar-refractivity contribution < 1.29 is 9.18 Å². The highest BCUT2D eigenvalue weighted by Crippen LogP contribution is 2.53. The number of anilines is 1. The second-order valence-corrected chi connectivity index (χ2v) is 5.44. The number of hydrogen-bond acceptors (Lipinski definition) is 2. The number of benzene rings is 1. The molecule has 0 aromatic heterocycles. The summed E-state index contributed by atoms with van der Waals surface area (Å²) in [5.74, 6) is -0.376. The van der Waals surface area contributed by atoms with Gasteiger partial charge in [0, 0.05) is 4.90 Å². The summed E-state index contributed by atoms with van der Waals surface area (Å²) < 4.78 is 13.1. The molecule has 78 valence electrons. The summed E-state index contributed by atoms with van der Waals surface area (Å²) in [7, 11) is 0. The molecule has 4 heteroatoms. The molecule has 1 amide bonds. The highest BCUT2D eigenvalue weighted by atomic mass is 32.2. The zero-order valence-electron chi connectivity index (χ0n) is 8.05. The highest BCUT2D eigenvalue weighted by Gasteiger charge is 2.48. The molecular formula is C11H10FNOS. The van der Waals surface area contributed by atoms with Gasteiger partial charge in [-0.15, -0.1) is 11.8 Å². The Morgan fingerprint density at radius 3 is 2.87 bits per heavy atom. The van der Waals surface area contributed by atoms with Gasteiger partial charge in [0.2, 0.25) is 5.91 Å². The minimum Gasteiger partial charge on any atom is -0.321 e. The maximum Gasteiger partial charge on any atom is 0.241 e. The van der Waals surface area contributed by atoms with Gasteiger partial charge in [0.05, 0.1) is 10.4 Å². The summed E-state index contributed by atoms with van der Waals surface area (Å²) in [6.45, 7) is 0. The van der Waals surface area contributed by atoms with Gasteiger partial charge < -0.3 is 5.32 Å². The van der Waals surface area contributed by atoms with E-state index in [0.717, 1.165) is 24.2 Å². The first-order chi connectivity index (χ1) is 7.21. The Morgan fingerprint density at radius 2 is 2.20 bits per heavy atom. The van der Waals surface area contributed by atoms with E-state index in [1.54, 1.807) is 6.07 Å². The molecule has 1 aromatic rings. The van der Waals surface area contributed by atoms with Crippen LogP contribution < -0.4 is 5.32 Å². The summed E-state index contributed by atoms with van der Waals surface area (Å²) in [6, 6.07) is 4.92. The van der Waals surface area contributed by atoms with E-state index < -0.39 is 0 Å². The van der Waals surface area contributed by atoms with Crippen molar-refractivity contribution in [1.82, 2.24) is 0 Å². The molecule has 2 nitrogen and oxygen atoms in total. The maximum absolute atomic E-state index is 13.4. The fraction of sp³-hybridized carbons (Fsp3) is 0.364. The lowest BCUT2D eigenvalue weighted by Crippen LogP contribution is -2.47. The molecule has 0 unspecified atom stereocenters. The van der Waals surface area contributed by atoms with Crippen LogP contribution in [-0.2, 0) is 4.79 Å². The number of carbonyl (C=O) groups is 1. The van der Waals surface area contributed by atoms with Crippen LogP contribution in [0, 0.1) is 5.82 Å². The molecule has 1 aliphatic heterocycles. The molecule has 1 spiro atoms. The lowest BCUT2D eigenvalue weighted by molar-refractivity contribution is -0.120. The van der Waals surface area contributed by atoms with Gasteiger partial charge in [0.15, 0.2) is 0 Å². The first-order valence-electron chi connectivity index (χ1n) is 5.00. The van der Waals surface area contributed by atoms with E-state index in [9.17, 15) is 9.18 Å². The van der Waals surface area contributed by atoms with Crippen molar-refractivity contribution in [2.24, 2.45) is 0 Å². The molecular weight excluding hydrogens is 213 g/mol. The largest absolute Gasteiger partial charge is 0.321 e. The number of hydrogen-bond donors (Lipinski definition) is 1. The SMILES string of the molecule is O=C1Nc2c(F)cccc2SC12CCC2. The number of fused-ring (bicyclic) bond motifs is 1. The van der Waals surface area contributed by atoms with Gasteiger partial charge in [0.25, 0.3) is 0 Å². The average Bonchev–Trinajstić information content (AvgIpc) is 2.16. The number of para-hydroxylation sites is 1. The molecule has 3 rings (SSSR count). The second kappa shape index (κ2) is 2.98. The Hall–Kier alpha value is -1.03. The third-order valence-electron chi connectivity index (χ3n) is 3.09. The minimum absolute atomic E-state index is 0.0312. The zero-order chi connectivity index (χ0) is 10.5. The standard InChI is InChI=1S/C11H10FNOS/c12-7-3-1-4-8-9(7)13-10(14)11(15-8)5-2-6-11/h1,3-4H,2,5-6H2,(H,13,14). The normalized spacial score (nSPS) is 21.8. The summed E-state index contributed by atoms with van der Waals surface area (Å²) in [4.78, 5) is 12.7. The Kier molecular flexibility index (Phi) is 1.83. The first kappa shape index (κ1) is 9.21. The summed E-state index contributed by atoms with van der Waals surface area (Å²) in [6.07, 6.45) is 2.89. The van der Waals surface area contributed by atoms with Crippen LogP contribution in [0.5, 0.6) is 0 Å². The van der Waals surface area contributed by atoms with Crippen LogP contribution in [0.2, 0.25) is 0 Å². The van der Waals surface area contributed by atoms with Crippen LogP contribution in [0.15, 0.2) is 23.1 Å². The third-order valence-corrected chi connectivity index (χ3v) is 4.64. The van der Waals surface area contributed by atoms with E-state index in [2.05, 4.69) is 5.32 Å². The Balaban J connectivity index is 2.06. The summed E-state index contributed by atoms with van der Waals surface area (Å²) >= 11 is 1.52. The molecule has 1 aliphatic carbocycles. The smallest absolute Gasteiger partial charge is 0.241 e. The van der Waals surface area contributed by atoms with Crippen molar-refractivity contribution in [2.45, 2.75) is 28.9 Å². The van der Waals surface area contributed by atoms with Crippen LogP contribution in [0.25, 0.3) is 0 Å². The molecule has 15 heavy (non-hydrogen) atoms. The van der Waals surface area contributed by atoms with Crippen molar-refractivity contribution in [1.29, 1.82) is 0 Å². The van der Waals surface area contributed by atoms with E-state index in [4.69, 9.17) is 0 Å². The van der Waals surface area contributed by atoms with Gasteiger partial charge >= 0.3 is 0 Å². The van der Waals surface area contributed by atoms with E-state index in [1.807, 2.05) is 6.07 Å². The molecule has 1 N–H and O–H groups in total. The second-order valence-electron chi connectivity index (χ2n) is 4.02. The van der Waals surface area contributed by atoms with Crippen LogP contribution in [0.4, 0.5) is 10.1 Å². The predicted molar refractivity (Wildman–Crippen MR) is 57.5 cm³/mol. The number of rotatable bonds is 0. The molecule has 1 saturated carbocycles. The van der Waals surface area contributed by atoms with Crippen molar-refractivity contribution in [3.05, 3.63) is 24.0 Å². The quantitative estimate of drug-likeness (QED) is 0.732. The van der Waals surface area contributed by atoms with Gasteiger partial charge in [-0.2, -0.15) is 0 Å². The number of halogens is 1. The number of thioether (sulfide) groups is 1. The topological polar surface area (TPSA) is 29.1 Å². The summed E-state index contributed by atoms with van der Waals surface area (Å²) in [5.41, 5.74) is 0.352. The molecule has 0 bridgehead atoms. The van der Waals surface area contributed by atoms with E-state index in [0.29, 0.717) is 5.69 Å². The Morgan fingerprint density at radius 1 is 1.40 bits per heavy atom. The molecule has 0 radical (unpaired) electrons. The fourth-order valence-electron chi connectivity index (χ4n) is 2.02. The van der Waals surface area contributed by atoms with E-state index in [1.165, 1.54) is 17.8 Å². The predicted octanol–water partition coefficient (Wildman–Crippen LogP) is 2.79. The van der Waals surface area contributed by atoms with Gasteiger partial charge in [-0.1, -0.05) is 6.07 Å². The van der Waals surface area contributed by atoms with Crippen LogP contribution in [0.3, 0.4) is 0 Å². The highest BCUT2D eigenvalue weighted by molar-refractivity contribution is 8.01. The van der Waals surface area contributed by atoms with Gasteiger partial charge in [-0.3, -0.25) is 4.79 Å². The van der Waals surface area contributed by atoms with Crippen LogP contribution >= 0.6 is 11.8 Å². The van der Waals surface area contributed by atoms with Crippen molar-refractivity contribution >= 4 is 23.4 Å². The van der Waals surface area contributed by atoms with Crippen molar-refractivity contribution in [2.75, 3.05) is 5.32 Å². The van der Waals surface area contributed by atoms with Crippen molar-refractivity contribution in [3.63, 3.8) is 0 Å². The molecule has 0 atom stereocenters. The lowest BCUT2D eigenvalue weighted by atomic mass is 9.83. The van der Waals surface area contributed by atoms with Gasteiger partial charge in [-0.05, 0) is 31.4 Å². The number of amides is 1. The monoisotopic (exact) mass is 223 g/mol. The third kappa shape index (κ3) is 1.21. The number of nitrogens with one attached hydrogen (secondary N) is 1. The van der Waals surface area contributed by atoms with E-state index in [-0.39, 0.29) is 16.5 Å². The molecule has 0 saturated heterocycles. The molecule has 1 heterocycles. The van der Waals surface area contributed by atoms with Gasteiger partial charge in [0.1, 0.15) is 5.82 Å². The average molecular weight is 223 g/mol. The van der Waals surface area contributed by atoms with Crippen LogP contribution in [0.1, 0.15) is 19.3 Å². The van der Waals surface area contributed by atoms with Crippen molar-refractivity contribution in [3.8, 4) is 0 Å². The maximum atomic E-state index is 13.4. The Bertz CT molecular complexity index is 442. The lowest BCUT2D eigenvalue weighted by Gasteiger charge is -2.42. The van der Waals surface area contributed by atoms with Gasteiger partial charge in [-0.25, -0.2) is 4.39 Å². The van der Waals surface area contributed by atoms with E-state index >= 15 is 0 Å². The zero-order valence-corrected chi connectivity index (χ0v) is 8.86. The molecule has 1 fully saturated rings.